The van der Waals surface area contributed by atoms with Gasteiger partial charge >= 0.3 is 0 Å². The minimum absolute atomic E-state index is 0.206. The van der Waals surface area contributed by atoms with E-state index in [0.717, 1.165) is 15.5 Å². The molecule has 4 rings (SSSR count). The minimum Gasteiger partial charge on any atom is -0.298 e. The molecular weight excluding hydrogens is 363 g/mol. The van der Waals surface area contributed by atoms with Gasteiger partial charge in [0.25, 0.3) is 5.91 Å². The van der Waals surface area contributed by atoms with Crippen LogP contribution in [0.5, 0.6) is 0 Å². The molecule has 0 saturated heterocycles. The van der Waals surface area contributed by atoms with Crippen LogP contribution < -0.4 is 5.32 Å². The average molecular weight is 373 g/mol. The number of anilines is 1. The molecule has 0 bridgehead atoms. The Morgan fingerprint density at radius 1 is 1.00 bits per heavy atom. The fourth-order valence-electron chi connectivity index (χ4n) is 2.51. The van der Waals surface area contributed by atoms with Crippen LogP contribution in [0.15, 0.2) is 54.6 Å². The highest BCUT2D eigenvalue weighted by Gasteiger charge is 2.12. The number of nitrogens with one attached hydrogen (secondary N) is 1. The van der Waals surface area contributed by atoms with Crippen molar-refractivity contribution in [2.75, 3.05) is 5.32 Å². The van der Waals surface area contributed by atoms with Gasteiger partial charge in [0.2, 0.25) is 0 Å². The molecule has 0 aliphatic carbocycles. The summed E-state index contributed by atoms with van der Waals surface area (Å²) in [4.78, 5) is 16.9. The van der Waals surface area contributed by atoms with Crippen molar-refractivity contribution >= 4 is 66.6 Å². The fraction of sp³-hybridized carbons (Fsp3) is 0. The molecule has 0 radical (unpaired) electrons. The second-order valence-electron chi connectivity index (χ2n) is 5.27. The predicted molar refractivity (Wildman–Crippen MR) is 102 cm³/mol. The number of rotatable bonds is 2. The maximum absolute atomic E-state index is 12.5. The summed E-state index contributed by atoms with van der Waals surface area (Å²) >= 11 is 13.5. The lowest BCUT2D eigenvalue weighted by atomic mass is 10.1. The largest absolute Gasteiger partial charge is 0.298 e. The number of amides is 1. The molecule has 24 heavy (non-hydrogen) atoms. The second-order valence-corrected chi connectivity index (χ2v) is 7.14. The van der Waals surface area contributed by atoms with Crippen LogP contribution in [-0.2, 0) is 0 Å². The molecule has 6 heteroatoms. The number of hydrogen-bond donors (Lipinski definition) is 1. The Balaban J connectivity index is 1.66. The number of carbonyl (C=O) groups is 1. The highest BCUT2D eigenvalue weighted by molar-refractivity contribution is 7.22. The number of thiazole rings is 1. The van der Waals surface area contributed by atoms with Gasteiger partial charge in [0.05, 0.1) is 9.72 Å². The molecule has 0 aliphatic rings. The molecule has 3 nitrogen and oxygen atoms in total. The number of halogens is 2. The first-order valence-electron chi connectivity index (χ1n) is 7.16. The van der Waals surface area contributed by atoms with Crippen molar-refractivity contribution in [2.45, 2.75) is 0 Å². The normalized spacial score (nSPS) is 11.1. The molecule has 118 valence electrons. The van der Waals surface area contributed by atoms with Gasteiger partial charge in [0, 0.05) is 10.6 Å². The number of aromatic nitrogens is 1. The molecule has 0 spiro atoms. The monoisotopic (exact) mass is 372 g/mol. The van der Waals surface area contributed by atoms with E-state index in [1.807, 2.05) is 36.4 Å². The summed E-state index contributed by atoms with van der Waals surface area (Å²) in [6.07, 6.45) is 0. The van der Waals surface area contributed by atoms with Crippen LogP contribution >= 0.6 is 34.5 Å². The van der Waals surface area contributed by atoms with Gasteiger partial charge < -0.3 is 0 Å². The van der Waals surface area contributed by atoms with Crippen LogP contribution in [0, 0.1) is 0 Å². The summed E-state index contributed by atoms with van der Waals surface area (Å²) in [6, 6.07) is 16.9. The van der Waals surface area contributed by atoms with Crippen molar-refractivity contribution in [1.82, 2.24) is 4.98 Å². The van der Waals surface area contributed by atoms with Crippen molar-refractivity contribution in [3.63, 3.8) is 0 Å². The third kappa shape index (κ3) is 2.84. The van der Waals surface area contributed by atoms with Gasteiger partial charge in [-0.15, -0.1) is 0 Å². The molecule has 4 aromatic rings. The molecule has 0 aliphatic heterocycles. The molecule has 0 atom stereocenters. The fourth-order valence-corrected chi connectivity index (χ4v) is 4.09. The molecule has 0 unspecified atom stereocenters. The van der Waals surface area contributed by atoms with Gasteiger partial charge in [0.1, 0.15) is 5.52 Å². The predicted octanol–water partition coefficient (Wildman–Crippen LogP) is 6.01. The Kier molecular flexibility index (Phi) is 3.88. The van der Waals surface area contributed by atoms with E-state index in [0.29, 0.717) is 26.3 Å². The molecule has 1 amide bonds. The summed E-state index contributed by atoms with van der Waals surface area (Å²) in [5, 5.41) is 6.45. The standard InChI is InChI=1S/C18H10Cl2N2OS/c19-13-8-14(20)16-15(9-13)24-18(21-16)22-17(23)12-6-5-10-3-1-2-4-11(10)7-12/h1-9H,(H,21,22,23). The summed E-state index contributed by atoms with van der Waals surface area (Å²) < 4.78 is 0.835. The highest BCUT2D eigenvalue weighted by atomic mass is 35.5. The number of benzene rings is 3. The van der Waals surface area contributed by atoms with Crippen molar-refractivity contribution in [2.24, 2.45) is 0 Å². The molecule has 0 fully saturated rings. The first-order valence-corrected chi connectivity index (χ1v) is 8.73. The Bertz CT molecular complexity index is 1090. The SMILES string of the molecule is O=C(Nc1nc2c(Cl)cc(Cl)cc2s1)c1ccc2ccccc2c1. The minimum atomic E-state index is -0.206. The van der Waals surface area contributed by atoms with Gasteiger partial charge in [-0.3, -0.25) is 10.1 Å². The maximum Gasteiger partial charge on any atom is 0.257 e. The van der Waals surface area contributed by atoms with E-state index in [-0.39, 0.29) is 5.91 Å². The van der Waals surface area contributed by atoms with Gasteiger partial charge in [-0.2, -0.15) is 0 Å². The second kappa shape index (κ2) is 6.06. The van der Waals surface area contributed by atoms with Crippen molar-refractivity contribution in [3.05, 3.63) is 70.2 Å². The van der Waals surface area contributed by atoms with Gasteiger partial charge in [-0.1, -0.05) is 64.9 Å². The van der Waals surface area contributed by atoms with E-state index >= 15 is 0 Å². The van der Waals surface area contributed by atoms with Crippen LogP contribution in [0.1, 0.15) is 10.4 Å². The smallest absolute Gasteiger partial charge is 0.257 e. The summed E-state index contributed by atoms with van der Waals surface area (Å²) in [6.45, 7) is 0. The van der Waals surface area contributed by atoms with E-state index in [4.69, 9.17) is 23.2 Å². The van der Waals surface area contributed by atoms with Gasteiger partial charge in [-0.05, 0) is 35.0 Å². The van der Waals surface area contributed by atoms with Crippen molar-refractivity contribution in [1.29, 1.82) is 0 Å². The van der Waals surface area contributed by atoms with E-state index in [9.17, 15) is 4.79 Å². The van der Waals surface area contributed by atoms with Crippen LogP contribution in [0.4, 0.5) is 5.13 Å². The van der Waals surface area contributed by atoms with E-state index in [1.54, 1.807) is 18.2 Å². The zero-order chi connectivity index (χ0) is 16.7. The summed E-state index contributed by atoms with van der Waals surface area (Å²) in [7, 11) is 0. The van der Waals surface area contributed by atoms with Gasteiger partial charge in [0.15, 0.2) is 5.13 Å². The van der Waals surface area contributed by atoms with E-state index < -0.39 is 0 Å². The van der Waals surface area contributed by atoms with Crippen LogP contribution in [0.25, 0.3) is 21.0 Å². The third-order valence-electron chi connectivity index (χ3n) is 3.65. The first-order chi connectivity index (χ1) is 11.6. The van der Waals surface area contributed by atoms with Gasteiger partial charge in [-0.25, -0.2) is 4.98 Å². The number of carbonyl (C=O) groups excluding carboxylic acids is 1. The topological polar surface area (TPSA) is 42.0 Å². The zero-order valence-corrected chi connectivity index (χ0v) is 14.5. The molecule has 1 N–H and O–H groups in total. The first kappa shape index (κ1) is 15.4. The number of nitrogens with zero attached hydrogens (tertiary/aromatic N) is 1. The van der Waals surface area contributed by atoms with Crippen molar-refractivity contribution < 1.29 is 4.79 Å². The Labute approximate surface area is 151 Å². The quantitative estimate of drug-likeness (QED) is 0.468. The summed E-state index contributed by atoms with van der Waals surface area (Å²) in [5.74, 6) is -0.206. The van der Waals surface area contributed by atoms with Crippen LogP contribution in [-0.4, -0.2) is 10.9 Å². The molecule has 0 saturated carbocycles. The van der Waals surface area contributed by atoms with Crippen LogP contribution in [0.3, 0.4) is 0 Å². The number of fused-ring (bicyclic) bond motifs is 2. The molecular formula is C18H10Cl2N2OS. The Hall–Kier alpha value is -2.14. The highest BCUT2D eigenvalue weighted by Crippen LogP contribution is 2.33. The lowest BCUT2D eigenvalue weighted by Gasteiger charge is -2.03. The van der Waals surface area contributed by atoms with E-state index in [1.165, 1.54) is 11.3 Å². The number of hydrogen-bond acceptors (Lipinski definition) is 3. The lowest BCUT2D eigenvalue weighted by molar-refractivity contribution is 0.102. The van der Waals surface area contributed by atoms with Crippen molar-refractivity contribution in [3.8, 4) is 0 Å². The maximum atomic E-state index is 12.5. The molecule has 1 aromatic heterocycles. The molecule has 1 heterocycles. The summed E-state index contributed by atoms with van der Waals surface area (Å²) in [5.41, 5.74) is 1.22. The zero-order valence-electron chi connectivity index (χ0n) is 12.2. The van der Waals surface area contributed by atoms with Crippen LogP contribution in [0.2, 0.25) is 10.0 Å². The molecule has 3 aromatic carbocycles. The van der Waals surface area contributed by atoms with E-state index in [2.05, 4.69) is 10.3 Å². The Morgan fingerprint density at radius 3 is 2.62 bits per heavy atom. The Morgan fingerprint density at radius 2 is 1.79 bits per heavy atom. The average Bonchev–Trinajstić information content (AvgIpc) is 2.97. The third-order valence-corrected chi connectivity index (χ3v) is 5.07. The lowest BCUT2D eigenvalue weighted by Crippen LogP contribution is -2.11.